The minimum Gasteiger partial charge on any atom is -0.413 e. The molecule has 0 aromatic rings. The summed E-state index contributed by atoms with van der Waals surface area (Å²) in [6.45, 7) is 6.30. The monoisotopic (exact) mass is 636 g/mol. The predicted octanol–water partition coefficient (Wildman–Crippen LogP) is 10.2. The molecule has 3 nitrogen and oxygen atoms in total. The van der Waals surface area contributed by atoms with Crippen LogP contribution < -0.4 is 0 Å². The second kappa shape index (κ2) is 12.0. The predicted molar refractivity (Wildman–Crippen MR) is 157 cm³/mol. The van der Waals surface area contributed by atoms with E-state index in [1.165, 1.54) is 19.6 Å². The maximum Gasteiger partial charge on any atom is 0.429 e. The zero-order valence-electron chi connectivity index (χ0n) is 31.7. The fraction of sp³-hybridized carbons (Fsp3) is 0.900. The topological polar surface area (TPSA) is 35.5 Å². The maximum absolute atomic E-state index is 14.3. The number of Topliss-reactive ketones (excluding diaryl/α,β-unsaturated/α-hetero) is 1. The van der Waals surface area contributed by atoms with Gasteiger partial charge in [0, 0.05) is 20.6 Å². The Kier molecular flexibility index (Phi) is 8.17. The normalized spacial score (nSPS) is 29.7. The molecule has 1 unspecified atom stereocenters. The van der Waals surface area contributed by atoms with Crippen LogP contribution in [0.25, 0.3) is 0 Å². The van der Waals surface area contributed by atoms with Crippen molar-refractivity contribution >= 4 is 22.4 Å². The lowest BCUT2D eigenvalue weighted by molar-refractivity contribution is -0.340. The van der Waals surface area contributed by atoms with Crippen LogP contribution in [0.3, 0.4) is 0 Å². The molecule has 2 rings (SSSR count). The summed E-state index contributed by atoms with van der Waals surface area (Å²) in [6, 6.07) is 0. The number of ketones is 1. The first kappa shape index (κ1) is 27.9. The molecule has 0 spiro atoms. The van der Waals surface area contributed by atoms with Crippen LogP contribution in [0.1, 0.15) is 93.6 Å². The van der Waals surface area contributed by atoms with E-state index in [0.29, 0.717) is 32.1 Å². The first-order valence-electron chi connectivity index (χ1n) is 17.4. The summed E-state index contributed by atoms with van der Waals surface area (Å²) in [5, 5.41) is 0. The molecule has 0 aromatic heterocycles. The molecule has 0 amide bonds. The fourth-order valence-corrected chi connectivity index (χ4v) is 9.70. The SMILES string of the molecule is [2H]C([2H])([2H])C(CCC[C@](C)(C/C=C\C(O[Si](C)(C)C)(C(F)(F)F)C(F)(F)F)[C@H]1CCC2C(=O)CCC[C@@]21C)(O[Si](C)(C)C)C([2H])([2H])[2H]. The van der Waals surface area contributed by atoms with Crippen molar-refractivity contribution in [1.29, 1.82) is 0 Å². The van der Waals surface area contributed by atoms with Gasteiger partial charge in [-0.3, -0.25) is 4.79 Å². The number of carbonyl (C=O) groups is 1. The Morgan fingerprint density at radius 2 is 1.51 bits per heavy atom. The van der Waals surface area contributed by atoms with Crippen LogP contribution in [-0.2, 0) is 13.6 Å². The molecule has 0 aliphatic heterocycles. The number of halogens is 6. The minimum atomic E-state index is -5.81. The molecule has 0 saturated heterocycles. The standard InChI is InChI=1S/C30H52F6O3Si2/c1-25(2,38-40(5,6)7)17-12-18-26(3,24-16-15-22-23(37)14-11-20-27(22,24)4)19-13-21-28(29(31,32)33,30(34,35)36)39-41(8,9)10/h13,21-22,24H,11-12,14-20H2,1-10H3/b21-13-/t22?,24-,26-,27+/m1/s1/i1D3,2D3. The number of hydrogen-bond donors (Lipinski definition) is 0. The van der Waals surface area contributed by atoms with Crippen molar-refractivity contribution in [3.8, 4) is 0 Å². The third-order valence-corrected chi connectivity index (χ3v) is 10.6. The lowest BCUT2D eigenvalue weighted by Crippen LogP contribution is -2.61. The second-order valence-electron chi connectivity index (χ2n) is 14.6. The smallest absolute Gasteiger partial charge is 0.413 e. The highest BCUT2D eigenvalue weighted by Crippen LogP contribution is 2.62. The van der Waals surface area contributed by atoms with Crippen molar-refractivity contribution in [3.63, 3.8) is 0 Å². The van der Waals surface area contributed by atoms with Gasteiger partial charge in [0.2, 0.25) is 0 Å². The minimum absolute atomic E-state index is 0.0358. The van der Waals surface area contributed by atoms with Gasteiger partial charge < -0.3 is 8.85 Å². The van der Waals surface area contributed by atoms with Crippen molar-refractivity contribution < 1.29 is 48.2 Å². The van der Waals surface area contributed by atoms with Gasteiger partial charge in [0.15, 0.2) is 16.6 Å². The molecule has 0 aromatic carbocycles. The Bertz CT molecular complexity index is 1120. The molecule has 41 heavy (non-hydrogen) atoms. The van der Waals surface area contributed by atoms with Crippen molar-refractivity contribution in [3.05, 3.63) is 12.2 Å². The van der Waals surface area contributed by atoms with Gasteiger partial charge in [-0.15, -0.1) is 0 Å². The largest absolute Gasteiger partial charge is 0.429 e. The van der Waals surface area contributed by atoms with Gasteiger partial charge in [-0.2, -0.15) is 26.3 Å². The van der Waals surface area contributed by atoms with Crippen LogP contribution >= 0.6 is 0 Å². The molecule has 2 saturated carbocycles. The molecule has 0 radical (unpaired) electrons. The molecule has 240 valence electrons. The van der Waals surface area contributed by atoms with E-state index in [-0.39, 0.29) is 43.0 Å². The summed E-state index contributed by atoms with van der Waals surface area (Å²) in [7, 11) is -6.19. The molecule has 0 N–H and O–H groups in total. The van der Waals surface area contributed by atoms with E-state index < -0.39 is 71.1 Å². The molecule has 0 bridgehead atoms. The zero-order valence-corrected chi connectivity index (χ0v) is 27.7. The Morgan fingerprint density at radius 3 is 2.00 bits per heavy atom. The highest BCUT2D eigenvalue weighted by Gasteiger charge is 2.71. The Balaban J connectivity index is 2.65. The first-order chi connectivity index (χ1) is 20.7. The van der Waals surface area contributed by atoms with Crippen LogP contribution in [0, 0.1) is 22.7 Å². The molecular weight excluding hydrogens is 578 g/mol. The summed E-state index contributed by atoms with van der Waals surface area (Å²) in [5.74, 6) is -0.530. The Hall–Kier alpha value is -0.656. The van der Waals surface area contributed by atoms with Gasteiger partial charge in [0.1, 0.15) is 5.78 Å². The van der Waals surface area contributed by atoms with Crippen molar-refractivity contribution in [1.82, 2.24) is 0 Å². The summed E-state index contributed by atoms with van der Waals surface area (Å²) in [4.78, 5) is 12.9. The molecule has 2 fully saturated rings. The fourth-order valence-electron chi connectivity index (χ4n) is 7.29. The molecule has 4 atom stereocenters. The number of rotatable bonds is 12. The summed E-state index contributed by atoms with van der Waals surface area (Å²) < 4.78 is 146. The van der Waals surface area contributed by atoms with E-state index in [2.05, 4.69) is 0 Å². The van der Waals surface area contributed by atoms with Gasteiger partial charge in [0.25, 0.3) is 5.60 Å². The van der Waals surface area contributed by atoms with Crippen LogP contribution in [0.15, 0.2) is 12.2 Å². The third-order valence-electron chi connectivity index (χ3n) is 8.71. The first-order valence-corrected chi connectivity index (χ1v) is 21.2. The van der Waals surface area contributed by atoms with Crippen LogP contribution in [0.5, 0.6) is 0 Å². The van der Waals surface area contributed by atoms with Crippen molar-refractivity contribution in [2.75, 3.05) is 0 Å². The van der Waals surface area contributed by atoms with Gasteiger partial charge in [-0.25, -0.2) is 0 Å². The van der Waals surface area contributed by atoms with Gasteiger partial charge in [0.05, 0.1) is 5.60 Å². The number of hydrogen-bond acceptors (Lipinski definition) is 3. The van der Waals surface area contributed by atoms with E-state index in [1.54, 1.807) is 26.6 Å². The number of carbonyl (C=O) groups excluding carboxylic acids is 1. The highest BCUT2D eigenvalue weighted by atomic mass is 28.4. The number of fused-ring (bicyclic) bond motifs is 1. The van der Waals surface area contributed by atoms with Crippen LogP contribution in [0.4, 0.5) is 26.3 Å². The second-order valence-corrected chi connectivity index (χ2v) is 23.5. The molecule has 2 aliphatic rings. The van der Waals surface area contributed by atoms with E-state index >= 15 is 0 Å². The average Bonchev–Trinajstić information content (AvgIpc) is 3.17. The number of alkyl halides is 6. The molecule has 0 heterocycles. The number of allylic oxidation sites excluding steroid dienone is 1. The van der Waals surface area contributed by atoms with Crippen molar-refractivity contribution in [2.24, 2.45) is 22.7 Å². The van der Waals surface area contributed by atoms with Crippen LogP contribution in [0.2, 0.25) is 39.3 Å². The highest BCUT2D eigenvalue weighted by molar-refractivity contribution is 6.70. The summed E-state index contributed by atoms with van der Waals surface area (Å²) in [6.07, 6.45) is -8.65. The van der Waals surface area contributed by atoms with Crippen molar-refractivity contribution in [2.45, 2.75) is 148 Å². The average molecular weight is 637 g/mol. The van der Waals surface area contributed by atoms with E-state index in [4.69, 9.17) is 17.1 Å². The Morgan fingerprint density at radius 1 is 0.951 bits per heavy atom. The summed E-state index contributed by atoms with van der Waals surface area (Å²) in [5.41, 5.74) is -8.64. The lowest BCUT2D eigenvalue weighted by atomic mass is 9.56. The quantitative estimate of drug-likeness (QED) is 0.121. The summed E-state index contributed by atoms with van der Waals surface area (Å²) >= 11 is 0. The maximum atomic E-state index is 14.3. The van der Waals surface area contributed by atoms with E-state index in [1.807, 2.05) is 6.92 Å². The Labute approximate surface area is 253 Å². The van der Waals surface area contributed by atoms with Gasteiger partial charge in [-0.1, -0.05) is 26.3 Å². The van der Waals surface area contributed by atoms with Gasteiger partial charge in [-0.05, 0) is 121 Å². The molecule has 2 aliphatic carbocycles. The van der Waals surface area contributed by atoms with Crippen LogP contribution in [-0.4, -0.2) is 46.0 Å². The zero-order chi connectivity index (χ0) is 36.9. The van der Waals surface area contributed by atoms with Gasteiger partial charge >= 0.3 is 12.4 Å². The molecular formula is C30H52F6O3Si2. The lowest BCUT2D eigenvalue weighted by Gasteiger charge is -2.48. The van der Waals surface area contributed by atoms with E-state index in [9.17, 15) is 31.1 Å². The third kappa shape index (κ3) is 8.72. The van der Waals surface area contributed by atoms with E-state index in [0.717, 1.165) is 6.08 Å². The molecule has 11 heteroatoms.